The van der Waals surface area contributed by atoms with Gasteiger partial charge >= 0.3 is 0 Å². The molecule has 1 saturated heterocycles. The van der Waals surface area contributed by atoms with E-state index in [0.29, 0.717) is 13.2 Å². The zero-order valence-electron chi connectivity index (χ0n) is 13.6. The zero-order chi connectivity index (χ0) is 18.7. The summed E-state index contributed by atoms with van der Waals surface area (Å²) in [6.45, 7) is 1.07. The topological polar surface area (TPSA) is 75.7 Å². The number of ether oxygens (including phenoxy) is 1. The number of benzene rings is 2. The van der Waals surface area contributed by atoms with Gasteiger partial charge in [0.15, 0.2) is 0 Å². The summed E-state index contributed by atoms with van der Waals surface area (Å²) < 4.78 is 45.7. The molecule has 0 atom stereocenters. The number of amides is 1. The molecule has 0 aliphatic carbocycles. The predicted octanol–water partition coefficient (Wildman–Crippen LogP) is 2.75. The van der Waals surface area contributed by atoms with Crippen LogP contribution in [-0.2, 0) is 14.8 Å². The van der Waals surface area contributed by atoms with Crippen molar-refractivity contribution in [3.63, 3.8) is 0 Å². The Morgan fingerprint density at radius 2 is 1.85 bits per heavy atom. The van der Waals surface area contributed by atoms with Gasteiger partial charge in [0.1, 0.15) is 10.7 Å². The average molecular weight is 399 g/mol. The molecule has 0 unspecified atom stereocenters. The maximum absolute atomic E-state index is 13.7. The number of hydrogen-bond donors (Lipinski definition) is 1. The lowest BCUT2D eigenvalue weighted by molar-refractivity contribution is 0.0730. The molecule has 26 heavy (non-hydrogen) atoms. The number of halogens is 2. The van der Waals surface area contributed by atoms with E-state index in [2.05, 4.69) is 5.32 Å². The monoisotopic (exact) mass is 398 g/mol. The van der Waals surface area contributed by atoms with Gasteiger partial charge in [0, 0.05) is 18.8 Å². The van der Waals surface area contributed by atoms with Gasteiger partial charge in [0.05, 0.1) is 23.8 Å². The van der Waals surface area contributed by atoms with E-state index in [1.54, 1.807) is 0 Å². The SMILES string of the molecule is O=C(Nc1ccc(Cl)c(S(=O)(=O)N2CCOCC2)c1)c1ccccc1F. The minimum absolute atomic E-state index is 0.0420. The molecule has 9 heteroatoms. The summed E-state index contributed by atoms with van der Waals surface area (Å²) in [5.74, 6) is -1.35. The predicted molar refractivity (Wildman–Crippen MR) is 95.4 cm³/mol. The molecule has 2 aromatic carbocycles. The van der Waals surface area contributed by atoms with Gasteiger partial charge in [0.2, 0.25) is 10.0 Å². The van der Waals surface area contributed by atoms with Crippen LogP contribution < -0.4 is 5.32 Å². The van der Waals surface area contributed by atoms with Gasteiger partial charge in [-0.3, -0.25) is 4.79 Å². The highest BCUT2D eigenvalue weighted by Gasteiger charge is 2.28. The lowest BCUT2D eigenvalue weighted by Crippen LogP contribution is -2.40. The molecule has 1 fully saturated rings. The normalized spacial score (nSPS) is 15.6. The Kier molecular flexibility index (Phi) is 5.57. The molecule has 1 aliphatic heterocycles. The molecule has 6 nitrogen and oxygen atoms in total. The third-order valence-corrected chi connectivity index (χ3v) is 6.28. The van der Waals surface area contributed by atoms with E-state index in [0.717, 1.165) is 0 Å². The van der Waals surface area contributed by atoms with Crippen LogP contribution in [0, 0.1) is 5.82 Å². The lowest BCUT2D eigenvalue weighted by atomic mass is 10.2. The quantitative estimate of drug-likeness (QED) is 0.859. The third-order valence-electron chi connectivity index (χ3n) is 3.90. The van der Waals surface area contributed by atoms with E-state index in [-0.39, 0.29) is 34.3 Å². The molecule has 138 valence electrons. The van der Waals surface area contributed by atoms with Gasteiger partial charge in [-0.15, -0.1) is 0 Å². The van der Waals surface area contributed by atoms with Gasteiger partial charge in [-0.2, -0.15) is 4.31 Å². The second kappa shape index (κ2) is 7.71. The van der Waals surface area contributed by atoms with Crippen molar-refractivity contribution < 1.29 is 22.3 Å². The van der Waals surface area contributed by atoms with Crippen LogP contribution in [0.2, 0.25) is 5.02 Å². The van der Waals surface area contributed by atoms with Crippen molar-refractivity contribution in [3.05, 3.63) is 58.9 Å². The van der Waals surface area contributed by atoms with Crippen molar-refractivity contribution in [1.82, 2.24) is 4.31 Å². The number of morpholine rings is 1. The van der Waals surface area contributed by atoms with Crippen LogP contribution in [0.1, 0.15) is 10.4 Å². The Labute approximate surface area is 155 Å². The Hall–Kier alpha value is -2.00. The van der Waals surface area contributed by atoms with Crippen LogP contribution in [0.25, 0.3) is 0 Å². The zero-order valence-corrected chi connectivity index (χ0v) is 15.2. The average Bonchev–Trinajstić information content (AvgIpc) is 2.64. The summed E-state index contributed by atoms with van der Waals surface area (Å²) in [6, 6.07) is 9.63. The van der Waals surface area contributed by atoms with Gasteiger partial charge in [-0.1, -0.05) is 23.7 Å². The fourth-order valence-corrected chi connectivity index (χ4v) is 4.46. The molecule has 3 rings (SSSR count). The Morgan fingerprint density at radius 1 is 1.15 bits per heavy atom. The van der Waals surface area contributed by atoms with Crippen molar-refractivity contribution in [2.24, 2.45) is 0 Å². The lowest BCUT2D eigenvalue weighted by Gasteiger charge is -2.26. The van der Waals surface area contributed by atoms with Crippen LogP contribution >= 0.6 is 11.6 Å². The molecule has 2 aromatic rings. The highest BCUT2D eigenvalue weighted by atomic mass is 35.5. The van der Waals surface area contributed by atoms with Crippen LogP contribution in [0.15, 0.2) is 47.4 Å². The molecule has 0 radical (unpaired) electrons. The van der Waals surface area contributed by atoms with E-state index >= 15 is 0 Å². The van der Waals surface area contributed by atoms with Gasteiger partial charge < -0.3 is 10.1 Å². The Morgan fingerprint density at radius 3 is 2.54 bits per heavy atom. The first kappa shape index (κ1) is 18.8. The van der Waals surface area contributed by atoms with E-state index in [9.17, 15) is 17.6 Å². The molecule has 1 aliphatic rings. The van der Waals surface area contributed by atoms with Gasteiger partial charge in [-0.25, -0.2) is 12.8 Å². The van der Waals surface area contributed by atoms with E-state index in [4.69, 9.17) is 16.3 Å². The van der Waals surface area contributed by atoms with Crippen molar-refractivity contribution in [3.8, 4) is 0 Å². The number of carbonyl (C=O) groups excluding carboxylic acids is 1. The van der Waals surface area contributed by atoms with Gasteiger partial charge in [-0.05, 0) is 30.3 Å². The minimum Gasteiger partial charge on any atom is -0.379 e. The maximum atomic E-state index is 13.7. The molecule has 0 saturated carbocycles. The second-order valence-corrected chi connectivity index (χ2v) is 7.91. The molecular formula is C17H16ClFN2O4S. The van der Waals surface area contributed by atoms with Gasteiger partial charge in [0.25, 0.3) is 5.91 Å². The van der Waals surface area contributed by atoms with E-state index < -0.39 is 21.7 Å². The maximum Gasteiger partial charge on any atom is 0.258 e. The summed E-state index contributed by atoms with van der Waals surface area (Å²) in [7, 11) is -3.83. The summed E-state index contributed by atoms with van der Waals surface area (Å²) in [5.41, 5.74) is 0.0644. The summed E-state index contributed by atoms with van der Waals surface area (Å²) in [6.07, 6.45) is 0. The first-order valence-electron chi connectivity index (χ1n) is 7.83. The second-order valence-electron chi connectivity index (χ2n) is 5.60. The summed E-state index contributed by atoms with van der Waals surface area (Å²) in [4.78, 5) is 12.1. The van der Waals surface area contributed by atoms with Crippen molar-refractivity contribution >= 4 is 33.2 Å². The molecule has 0 spiro atoms. The fraction of sp³-hybridized carbons (Fsp3) is 0.235. The number of carbonyl (C=O) groups is 1. The smallest absolute Gasteiger partial charge is 0.258 e. The largest absolute Gasteiger partial charge is 0.379 e. The number of rotatable bonds is 4. The summed E-state index contributed by atoms with van der Waals surface area (Å²) in [5, 5.41) is 2.54. The van der Waals surface area contributed by atoms with E-state index in [1.165, 1.54) is 46.8 Å². The third kappa shape index (κ3) is 3.88. The Bertz CT molecular complexity index is 930. The molecule has 1 amide bonds. The standard InChI is InChI=1S/C17H16ClFN2O4S/c18-14-6-5-12(20-17(22)13-3-1-2-4-15(13)19)11-16(14)26(23,24)21-7-9-25-10-8-21/h1-6,11H,7-10H2,(H,20,22). The minimum atomic E-state index is -3.83. The van der Waals surface area contributed by atoms with E-state index in [1.807, 2.05) is 0 Å². The molecule has 1 heterocycles. The van der Waals surface area contributed by atoms with Crippen molar-refractivity contribution in [2.75, 3.05) is 31.6 Å². The highest BCUT2D eigenvalue weighted by Crippen LogP contribution is 2.28. The number of sulfonamides is 1. The number of hydrogen-bond acceptors (Lipinski definition) is 4. The molecule has 1 N–H and O–H groups in total. The molecule has 0 aromatic heterocycles. The number of nitrogens with zero attached hydrogens (tertiary/aromatic N) is 1. The number of nitrogens with one attached hydrogen (secondary N) is 1. The van der Waals surface area contributed by atoms with Crippen molar-refractivity contribution in [1.29, 1.82) is 0 Å². The molecular weight excluding hydrogens is 383 g/mol. The first-order valence-corrected chi connectivity index (χ1v) is 9.65. The van der Waals surface area contributed by atoms with Crippen LogP contribution in [-0.4, -0.2) is 44.9 Å². The highest BCUT2D eigenvalue weighted by molar-refractivity contribution is 7.89. The van der Waals surface area contributed by atoms with Crippen LogP contribution in [0.5, 0.6) is 0 Å². The molecule has 0 bridgehead atoms. The van der Waals surface area contributed by atoms with Crippen molar-refractivity contribution in [2.45, 2.75) is 4.90 Å². The number of anilines is 1. The summed E-state index contributed by atoms with van der Waals surface area (Å²) >= 11 is 6.07. The Balaban J connectivity index is 1.88. The first-order chi connectivity index (χ1) is 12.4. The van der Waals surface area contributed by atoms with Crippen LogP contribution in [0.4, 0.5) is 10.1 Å². The van der Waals surface area contributed by atoms with Crippen LogP contribution in [0.3, 0.4) is 0 Å². The fourth-order valence-electron chi connectivity index (χ4n) is 2.55.